The van der Waals surface area contributed by atoms with Crippen molar-refractivity contribution in [3.8, 4) is 0 Å². The molecule has 4 aliphatic heterocycles. The molecule has 0 aromatic rings. The fourth-order valence-electron chi connectivity index (χ4n) is 5.27. The second-order valence-corrected chi connectivity index (χ2v) is 8.88. The Labute approximate surface area is 161 Å². The number of fused-ring (bicyclic) bond motifs is 1. The van der Waals surface area contributed by atoms with Crippen molar-refractivity contribution in [2.75, 3.05) is 39.5 Å². The van der Waals surface area contributed by atoms with Crippen LogP contribution < -0.4 is 5.32 Å². The van der Waals surface area contributed by atoms with Crippen molar-refractivity contribution in [2.45, 2.75) is 63.8 Å². The van der Waals surface area contributed by atoms with Gasteiger partial charge in [0.05, 0.1) is 38.4 Å². The second kappa shape index (κ2) is 8.05. The minimum absolute atomic E-state index is 0.0639. The van der Waals surface area contributed by atoms with E-state index >= 15 is 0 Å². The molecule has 27 heavy (non-hydrogen) atoms. The molecule has 0 saturated carbocycles. The third-order valence-electron chi connectivity index (χ3n) is 6.59. The molecule has 1 N–H and O–H groups in total. The average molecular weight is 380 g/mol. The maximum absolute atomic E-state index is 12.7. The largest absolute Gasteiger partial charge is 0.378 e. The number of nitrogens with one attached hydrogen (secondary N) is 1. The van der Waals surface area contributed by atoms with Crippen LogP contribution in [0.25, 0.3) is 0 Å². The zero-order valence-electron chi connectivity index (χ0n) is 16.6. The molecule has 0 aliphatic carbocycles. The van der Waals surface area contributed by atoms with Gasteiger partial charge < -0.3 is 19.7 Å². The van der Waals surface area contributed by atoms with Gasteiger partial charge >= 0.3 is 0 Å². The number of hydrogen-bond acceptors (Lipinski definition) is 5. The molecular formula is C20H33N3O4. The first-order valence-corrected chi connectivity index (χ1v) is 10.5. The summed E-state index contributed by atoms with van der Waals surface area (Å²) in [6, 6.07) is 0.901. The minimum Gasteiger partial charge on any atom is -0.378 e. The van der Waals surface area contributed by atoms with Gasteiger partial charge in [0.15, 0.2) is 0 Å². The lowest BCUT2D eigenvalue weighted by atomic mass is 9.84. The third-order valence-corrected chi connectivity index (χ3v) is 6.59. The summed E-state index contributed by atoms with van der Waals surface area (Å²) in [5.41, 5.74) is 0. The fourth-order valence-corrected chi connectivity index (χ4v) is 5.27. The van der Waals surface area contributed by atoms with Crippen LogP contribution in [-0.4, -0.2) is 85.3 Å². The van der Waals surface area contributed by atoms with Crippen LogP contribution in [0.15, 0.2) is 0 Å². The minimum atomic E-state index is -0.0639. The predicted octanol–water partition coefficient (Wildman–Crippen LogP) is 0.628. The molecule has 0 radical (unpaired) electrons. The second-order valence-electron chi connectivity index (χ2n) is 8.88. The van der Waals surface area contributed by atoms with Crippen LogP contribution in [0.1, 0.15) is 39.5 Å². The van der Waals surface area contributed by atoms with Gasteiger partial charge in [-0.05, 0) is 32.6 Å². The van der Waals surface area contributed by atoms with Gasteiger partial charge in [-0.25, -0.2) is 0 Å². The van der Waals surface area contributed by atoms with Crippen LogP contribution in [0.2, 0.25) is 0 Å². The van der Waals surface area contributed by atoms with Crippen molar-refractivity contribution >= 4 is 11.8 Å². The van der Waals surface area contributed by atoms with Crippen molar-refractivity contribution in [1.82, 2.24) is 15.1 Å². The Morgan fingerprint density at radius 2 is 1.85 bits per heavy atom. The Balaban J connectivity index is 1.44. The highest BCUT2D eigenvalue weighted by atomic mass is 16.5. The number of hydrogen-bond donors (Lipinski definition) is 1. The van der Waals surface area contributed by atoms with Crippen LogP contribution >= 0.6 is 0 Å². The number of likely N-dealkylation sites (tertiary alicyclic amines) is 2. The number of ether oxygens (including phenoxy) is 2. The number of carbonyl (C=O) groups excluding carboxylic acids is 2. The Morgan fingerprint density at radius 3 is 2.48 bits per heavy atom. The molecule has 152 valence electrons. The molecule has 4 aliphatic rings. The van der Waals surface area contributed by atoms with Gasteiger partial charge in [0, 0.05) is 44.1 Å². The molecule has 4 atom stereocenters. The van der Waals surface area contributed by atoms with E-state index in [1.54, 1.807) is 0 Å². The van der Waals surface area contributed by atoms with Gasteiger partial charge in [-0.15, -0.1) is 0 Å². The van der Waals surface area contributed by atoms with Gasteiger partial charge in [0.2, 0.25) is 11.8 Å². The van der Waals surface area contributed by atoms with Crippen LogP contribution in [0.3, 0.4) is 0 Å². The van der Waals surface area contributed by atoms with E-state index in [2.05, 4.69) is 10.2 Å². The Morgan fingerprint density at radius 1 is 1.11 bits per heavy atom. The number of nitrogens with zero attached hydrogens (tertiary/aromatic N) is 2. The molecule has 0 unspecified atom stereocenters. The van der Waals surface area contributed by atoms with E-state index in [-0.39, 0.29) is 35.8 Å². The normalized spacial score (nSPS) is 34.1. The van der Waals surface area contributed by atoms with Crippen LogP contribution in [0.5, 0.6) is 0 Å². The zero-order chi connectivity index (χ0) is 19.0. The number of rotatable bonds is 6. The smallest absolute Gasteiger partial charge is 0.225 e. The van der Waals surface area contributed by atoms with E-state index in [9.17, 15) is 9.59 Å². The van der Waals surface area contributed by atoms with E-state index in [0.29, 0.717) is 31.5 Å². The summed E-state index contributed by atoms with van der Waals surface area (Å²) in [7, 11) is 0. The standard InChI is InChI=1S/C20H33N3O4/c1-13(2)21-18(24)7-14-9-23(15-10-26-11-15)16-12-27-17(20(14)16)8-19(25)22-5-3-4-6-22/h13-17,20H,3-12H2,1-2H3,(H,21,24)/t14-,16-,17+,20-/m1/s1. The monoisotopic (exact) mass is 379 g/mol. The Bertz CT molecular complexity index is 559. The van der Waals surface area contributed by atoms with Gasteiger partial charge in [0.25, 0.3) is 0 Å². The summed E-state index contributed by atoms with van der Waals surface area (Å²) in [5, 5.41) is 3.02. The lowest BCUT2D eigenvalue weighted by Crippen LogP contribution is -2.52. The van der Waals surface area contributed by atoms with Gasteiger partial charge in [0.1, 0.15) is 0 Å². The molecule has 4 fully saturated rings. The first-order chi connectivity index (χ1) is 13.0. The SMILES string of the molecule is CC(C)NC(=O)C[C@@H]1CN(C2COC2)[C@@H]2CO[C@@H](CC(=O)N3CCCC3)[C@H]12. The van der Waals surface area contributed by atoms with Gasteiger partial charge in [-0.2, -0.15) is 0 Å². The molecule has 7 nitrogen and oxygen atoms in total. The van der Waals surface area contributed by atoms with E-state index in [0.717, 1.165) is 45.7 Å². The summed E-state index contributed by atoms with van der Waals surface area (Å²) >= 11 is 0. The molecule has 4 heterocycles. The number of amides is 2. The molecule has 2 amide bonds. The third kappa shape index (κ3) is 4.00. The Hall–Kier alpha value is -1.18. The molecule has 0 spiro atoms. The van der Waals surface area contributed by atoms with Crippen molar-refractivity contribution in [3.05, 3.63) is 0 Å². The molecule has 0 aromatic heterocycles. The van der Waals surface area contributed by atoms with E-state index < -0.39 is 0 Å². The molecule has 0 aromatic carbocycles. The van der Waals surface area contributed by atoms with Crippen molar-refractivity contribution < 1.29 is 19.1 Å². The topological polar surface area (TPSA) is 71.1 Å². The van der Waals surface area contributed by atoms with Crippen molar-refractivity contribution in [2.24, 2.45) is 11.8 Å². The highest BCUT2D eigenvalue weighted by Crippen LogP contribution is 2.43. The van der Waals surface area contributed by atoms with Gasteiger partial charge in [-0.1, -0.05) is 0 Å². The summed E-state index contributed by atoms with van der Waals surface area (Å²) in [6.07, 6.45) is 3.12. The summed E-state index contributed by atoms with van der Waals surface area (Å²) in [6.45, 7) is 8.86. The maximum atomic E-state index is 12.7. The lowest BCUT2D eigenvalue weighted by Gasteiger charge is -2.37. The first-order valence-electron chi connectivity index (χ1n) is 10.5. The molecule has 4 rings (SSSR count). The molecule has 7 heteroatoms. The average Bonchev–Trinajstić information content (AvgIpc) is 3.25. The molecule has 0 bridgehead atoms. The number of carbonyl (C=O) groups is 2. The fraction of sp³-hybridized carbons (Fsp3) is 0.900. The summed E-state index contributed by atoms with van der Waals surface area (Å²) < 4.78 is 11.5. The van der Waals surface area contributed by atoms with E-state index in [1.807, 2.05) is 18.7 Å². The first kappa shape index (κ1) is 19.2. The molecular weight excluding hydrogens is 346 g/mol. The quantitative estimate of drug-likeness (QED) is 0.733. The highest BCUT2D eigenvalue weighted by Gasteiger charge is 2.53. The van der Waals surface area contributed by atoms with E-state index in [4.69, 9.17) is 9.47 Å². The van der Waals surface area contributed by atoms with E-state index in [1.165, 1.54) is 0 Å². The van der Waals surface area contributed by atoms with Crippen LogP contribution in [0, 0.1) is 11.8 Å². The zero-order valence-corrected chi connectivity index (χ0v) is 16.6. The molecule has 4 saturated heterocycles. The van der Waals surface area contributed by atoms with Gasteiger partial charge in [-0.3, -0.25) is 14.5 Å². The van der Waals surface area contributed by atoms with Crippen molar-refractivity contribution in [3.63, 3.8) is 0 Å². The van der Waals surface area contributed by atoms with Crippen LogP contribution in [0.4, 0.5) is 0 Å². The van der Waals surface area contributed by atoms with Crippen LogP contribution in [-0.2, 0) is 19.1 Å². The lowest BCUT2D eigenvalue weighted by molar-refractivity contribution is -0.133. The summed E-state index contributed by atoms with van der Waals surface area (Å²) in [5.74, 6) is 0.828. The van der Waals surface area contributed by atoms with Crippen molar-refractivity contribution in [1.29, 1.82) is 0 Å². The maximum Gasteiger partial charge on any atom is 0.225 e. The highest BCUT2D eigenvalue weighted by molar-refractivity contribution is 5.77. The Kier molecular flexibility index (Phi) is 5.71. The summed E-state index contributed by atoms with van der Waals surface area (Å²) in [4.78, 5) is 29.6. The predicted molar refractivity (Wildman–Crippen MR) is 100 cm³/mol.